The van der Waals surface area contributed by atoms with E-state index in [4.69, 9.17) is 4.74 Å². The monoisotopic (exact) mass is 457 g/mol. The lowest BCUT2D eigenvalue weighted by Gasteiger charge is -2.54. The van der Waals surface area contributed by atoms with Gasteiger partial charge in [0.2, 0.25) is 0 Å². The summed E-state index contributed by atoms with van der Waals surface area (Å²) in [6, 6.07) is 7.19. The van der Waals surface area contributed by atoms with E-state index in [1.165, 1.54) is 16.7 Å². The molecule has 1 saturated heterocycles. The van der Waals surface area contributed by atoms with E-state index in [2.05, 4.69) is 61.5 Å². The molecule has 1 aromatic rings. The SMILES string of the molecule is CN=C(NCCc1cc(C)cc(C)c1)NC1C2CCOC2C1(C)C.I. The van der Waals surface area contributed by atoms with Gasteiger partial charge in [-0.2, -0.15) is 0 Å². The summed E-state index contributed by atoms with van der Waals surface area (Å²) in [7, 11) is 1.85. The summed E-state index contributed by atoms with van der Waals surface area (Å²) in [6.07, 6.45) is 2.57. The highest BCUT2D eigenvalue weighted by molar-refractivity contribution is 14.0. The van der Waals surface area contributed by atoms with Crippen molar-refractivity contribution in [1.29, 1.82) is 0 Å². The smallest absolute Gasteiger partial charge is 0.191 e. The van der Waals surface area contributed by atoms with Crippen LogP contribution >= 0.6 is 24.0 Å². The van der Waals surface area contributed by atoms with E-state index in [0.717, 1.165) is 32.0 Å². The van der Waals surface area contributed by atoms with Gasteiger partial charge in [0.1, 0.15) is 0 Å². The second kappa shape index (κ2) is 8.25. The van der Waals surface area contributed by atoms with Gasteiger partial charge in [0.05, 0.1) is 6.10 Å². The van der Waals surface area contributed by atoms with Gasteiger partial charge >= 0.3 is 0 Å². The molecule has 2 aliphatic rings. The van der Waals surface area contributed by atoms with E-state index < -0.39 is 0 Å². The Morgan fingerprint density at radius 2 is 1.92 bits per heavy atom. The minimum absolute atomic E-state index is 0. The van der Waals surface area contributed by atoms with Crippen LogP contribution in [0, 0.1) is 25.2 Å². The Balaban J connectivity index is 0.00000225. The second-order valence-electron chi connectivity index (χ2n) is 7.93. The Labute approximate surface area is 169 Å². The van der Waals surface area contributed by atoms with Crippen LogP contribution in [0.5, 0.6) is 0 Å². The molecular weight excluding hydrogens is 425 g/mol. The van der Waals surface area contributed by atoms with Crippen LogP contribution in [0.15, 0.2) is 23.2 Å². The summed E-state index contributed by atoms with van der Waals surface area (Å²) in [5.74, 6) is 1.53. The zero-order valence-corrected chi connectivity index (χ0v) is 18.4. The average molecular weight is 457 g/mol. The minimum Gasteiger partial charge on any atom is -0.377 e. The van der Waals surface area contributed by atoms with Gasteiger partial charge in [-0.3, -0.25) is 4.99 Å². The first-order valence-corrected chi connectivity index (χ1v) is 9.08. The average Bonchev–Trinajstić information content (AvgIpc) is 2.96. The van der Waals surface area contributed by atoms with Crippen LogP contribution in [0.4, 0.5) is 0 Å². The van der Waals surface area contributed by atoms with Crippen molar-refractivity contribution in [3.05, 3.63) is 34.9 Å². The summed E-state index contributed by atoms with van der Waals surface area (Å²) in [4.78, 5) is 4.41. The van der Waals surface area contributed by atoms with Crippen LogP contribution in [-0.4, -0.2) is 38.3 Å². The Morgan fingerprint density at radius 1 is 1.24 bits per heavy atom. The Bertz CT molecular complexity index is 609. The molecule has 2 fully saturated rings. The molecule has 1 aromatic carbocycles. The van der Waals surface area contributed by atoms with Crippen LogP contribution < -0.4 is 10.6 Å². The van der Waals surface area contributed by atoms with Gasteiger partial charge in [0.25, 0.3) is 0 Å². The number of guanidine groups is 1. The Morgan fingerprint density at radius 3 is 2.56 bits per heavy atom. The molecule has 5 heteroatoms. The van der Waals surface area contributed by atoms with E-state index >= 15 is 0 Å². The first-order chi connectivity index (χ1) is 11.4. The lowest BCUT2D eigenvalue weighted by molar-refractivity contribution is -0.106. The fraction of sp³-hybridized carbons (Fsp3) is 0.650. The molecule has 1 aliphatic heterocycles. The number of ether oxygens (including phenoxy) is 1. The molecule has 25 heavy (non-hydrogen) atoms. The molecule has 1 aliphatic carbocycles. The molecule has 1 saturated carbocycles. The summed E-state index contributed by atoms with van der Waals surface area (Å²) >= 11 is 0. The quantitative estimate of drug-likeness (QED) is 0.414. The highest BCUT2D eigenvalue weighted by Gasteiger charge is 2.59. The maximum Gasteiger partial charge on any atom is 0.191 e. The van der Waals surface area contributed by atoms with Gasteiger partial charge in [-0.05, 0) is 32.3 Å². The van der Waals surface area contributed by atoms with Crippen LogP contribution in [-0.2, 0) is 11.2 Å². The highest BCUT2D eigenvalue weighted by atomic mass is 127. The van der Waals surface area contributed by atoms with Gasteiger partial charge in [-0.15, -0.1) is 24.0 Å². The van der Waals surface area contributed by atoms with E-state index in [-0.39, 0.29) is 29.4 Å². The lowest BCUT2D eigenvalue weighted by atomic mass is 9.57. The first kappa shape index (κ1) is 20.5. The summed E-state index contributed by atoms with van der Waals surface area (Å²) in [5.41, 5.74) is 4.21. The summed E-state index contributed by atoms with van der Waals surface area (Å²) in [5, 5.41) is 7.10. The Kier molecular flexibility index (Phi) is 6.76. The van der Waals surface area contributed by atoms with Gasteiger partial charge in [0, 0.05) is 37.6 Å². The van der Waals surface area contributed by atoms with Gasteiger partial charge in [-0.25, -0.2) is 0 Å². The minimum atomic E-state index is 0. The van der Waals surface area contributed by atoms with Crippen LogP contribution in [0.25, 0.3) is 0 Å². The van der Waals surface area contributed by atoms with Crippen LogP contribution in [0.1, 0.15) is 37.0 Å². The zero-order valence-electron chi connectivity index (χ0n) is 16.1. The maximum absolute atomic E-state index is 5.87. The predicted octanol–water partition coefficient (Wildman–Crippen LogP) is 3.44. The van der Waals surface area contributed by atoms with Crippen molar-refractivity contribution in [3.63, 3.8) is 0 Å². The molecule has 0 bridgehead atoms. The van der Waals surface area contributed by atoms with Crippen molar-refractivity contribution < 1.29 is 4.74 Å². The van der Waals surface area contributed by atoms with Crippen molar-refractivity contribution in [2.24, 2.45) is 16.3 Å². The number of benzene rings is 1. The van der Waals surface area contributed by atoms with Gasteiger partial charge < -0.3 is 15.4 Å². The standard InChI is InChI=1S/C20H31N3O.HI/c1-13-10-14(2)12-15(11-13)6-8-22-19(21-5)23-17-16-7-9-24-18(16)20(17,3)4;/h10-12,16-18H,6-9H2,1-5H3,(H2,21,22,23);1H. The number of aliphatic imine (C=N–C) groups is 1. The third-order valence-corrected chi connectivity index (χ3v) is 5.60. The number of halogens is 1. The summed E-state index contributed by atoms with van der Waals surface area (Å²) in [6.45, 7) is 10.7. The third kappa shape index (κ3) is 4.30. The van der Waals surface area contributed by atoms with Crippen molar-refractivity contribution in [3.8, 4) is 0 Å². The maximum atomic E-state index is 5.87. The summed E-state index contributed by atoms with van der Waals surface area (Å²) < 4.78 is 5.87. The molecule has 2 N–H and O–H groups in total. The largest absolute Gasteiger partial charge is 0.377 e. The van der Waals surface area contributed by atoms with E-state index in [1.807, 2.05) is 7.05 Å². The number of aryl methyl sites for hydroxylation is 2. The topological polar surface area (TPSA) is 45.7 Å². The van der Waals surface area contributed by atoms with Crippen molar-refractivity contribution in [2.75, 3.05) is 20.2 Å². The molecule has 0 amide bonds. The number of nitrogens with zero attached hydrogens (tertiary/aromatic N) is 1. The van der Waals surface area contributed by atoms with Crippen molar-refractivity contribution in [1.82, 2.24) is 10.6 Å². The number of hydrogen-bond acceptors (Lipinski definition) is 2. The van der Waals surface area contributed by atoms with Crippen molar-refractivity contribution >= 4 is 29.9 Å². The fourth-order valence-corrected chi connectivity index (χ4v) is 4.50. The van der Waals surface area contributed by atoms with E-state index in [1.54, 1.807) is 0 Å². The molecule has 140 valence electrons. The van der Waals surface area contributed by atoms with Crippen LogP contribution in [0.2, 0.25) is 0 Å². The van der Waals surface area contributed by atoms with Gasteiger partial charge in [0.15, 0.2) is 5.96 Å². The van der Waals surface area contributed by atoms with E-state index in [9.17, 15) is 0 Å². The molecule has 0 radical (unpaired) electrons. The number of nitrogens with one attached hydrogen (secondary N) is 2. The van der Waals surface area contributed by atoms with E-state index in [0.29, 0.717) is 18.1 Å². The third-order valence-electron chi connectivity index (χ3n) is 5.60. The molecule has 4 nitrogen and oxygen atoms in total. The molecule has 3 atom stereocenters. The normalized spacial score (nSPS) is 27.1. The second-order valence-corrected chi connectivity index (χ2v) is 7.93. The zero-order chi connectivity index (χ0) is 17.3. The molecular formula is C20H32IN3O. The lowest BCUT2D eigenvalue weighted by Crippen LogP contribution is -2.68. The Hall–Kier alpha value is -0.820. The first-order valence-electron chi connectivity index (χ1n) is 9.08. The fourth-order valence-electron chi connectivity index (χ4n) is 4.50. The highest BCUT2D eigenvalue weighted by Crippen LogP contribution is 2.52. The molecule has 0 aromatic heterocycles. The molecule has 3 unspecified atom stereocenters. The van der Waals surface area contributed by atoms with Crippen LogP contribution in [0.3, 0.4) is 0 Å². The van der Waals surface area contributed by atoms with Gasteiger partial charge in [-0.1, -0.05) is 43.2 Å². The molecule has 1 heterocycles. The number of hydrogen-bond donors (Lipinski definition) is 2. The molecule has 3 rings (SSSR count). The number of rotatable bonds is 4. The predicted molar refractivity (Wildman–Crippen MR) is 115 cm³/mol. The molecule has 0 spiro atoms. The van der Waals surface area contributed by atoms with Crippen molar-refractivity contribution in [2.45, 2.75) is 52.7 Å². The number of fused-ring (bicyclic) bond motifs is 1.